The highest BCUT2D eigenvalue weighted by Gasteiger charge is 2.01. The van der Waals surface area contributed by atoms with Gasteiger partial charge in [-0.2, -0.15) is 0 Å². The van der Waals surface area contributed by atoms with E-state index in [2.05, 4.69) is 23.9 Å². The van der Waals surface area contributed by atoms with Gasteiger partial charge in [-0.3, -0.25) is 14.6 Å². The first-order chi connectivity index (χ1) is 12.3. The van der Waals surface area contributed by atoms with Crippen molar-refractivity contribution in [1.82, 2.24) is 0 Å². The molecule has 0 saturated carbocycles. The summed E-state index contributed by atoms with van der Waals surface area (Å²) in [5.41, 5.74) is 15.2. The fraction of sp³-hybridized carbons (Fsp3) is 0.421. The van der Waals surface area contributed by atoms with Gasteiger partial charge in [0.05, 0.1) is 0 Å². The number of Topliss-reactive ketones (excluding diaryl/α,β-unsaturated/α-hetero) is 1. The number of ketones is 1. The molecule has 0 radical (unpaired) electrons. The molecule has 0 aliphatic rings. The lowest BCUT2D eigenvalue weighted by Gasteiger charge is -2.04. The monoisotopic (exact) mass is 368 g/mol. The zero-order valence-corrected chi connectivity index (χ0v) is 17.0. The molecule has 7 heteroatoms. The Balaban J connectivity index is -0.000000162. The van der Waals surface area contributed by atoms with Gasteiger partial charge in [0.1, 0.15) is 11.5 Å². The second kappa shape index (κ2) is 24.6. The minimum atomic E-state index is -0.352. The second-order valence-electron chi connectivity index (χ2n) is 4.08. The third kappa shape index (κ3) is 26.2. The van der Waals surface area contributed by atoms with Crippen molar-refractivity contribution in [2.75, 3.05) is 13.6 Å². The Labute approximate surface area is 158 Å². The average Bonchev–Trinajstić information content (AvgIpc) is 2.59. The lowest BCUT2D eigenvalue weighted by atomic mass is 10.2. The van der Waals surface area contributed by atoms with Gasteiger partial charge in [0.25, 0.3) is 0 Å². The third-order valence-corrected chi connectivity index (χ3v) is 2.05. The number of carbonyl (C=O) groups is 2. The molecule has 6 N–H and O–H groups in total. The van der Waals surface area contributed by atoms with Crippen molar-refractivity contribution in [3.63, 3.8) is 0 Å². The highest BCUT2D eigenvalue weighted by Crippen LogP contribution is 2.10. The largest absolute Gasteiger partial charge is 0.426 e. The molecule has 0 fully saturated rings. The molecule has 0 atom stereocenters. The molecule has 7 nitrogen and oxygen atoms in total. The molecular formula is C19H36N4O3. The first-order valence-electron chi connectivity index (χ1n) is 8.21. The lowest BCUT2D eigenvalue weighted by molar-refractivity contribution is -0.136. The summed E-state index contributed by atoms with van der Waals surface area (Å²) in [6, 6.07) is 0. The summed E-state index contributed by atoms with van der Waals surface area (Å²) >= 11 is 0. The molecule has 0 aromatic heterocycles. The molecule has 0 amide bonds. The van der Waals surface area contributed by atoms with Crippen molar-refractivity contribution in [2.24, 2.45) is 22.2 Å². The van der Waals surface area contributed by atoms with Crippen LogP contribution in [0.3, 0.4) is 0 Å². The number of hydrogen-bond donors (Lipinski definition) is 3. The zero-order valence-electron chi connectivity index (χ0n) is 17.0. The zero-order chi connectivity index (χ0) is 21.5. The molecule has 150 valence electrons. The number of nitrogens with two attached hydrogens (primary N) is 3. The van der Waals surface area contributed by atoms with Crippen LogP contribution in [0.4, 0.5) is 0 Å². The van der Waals surface area contributed by atoms with Gasteiger partial charge in [0.15, 0.2) is 5.96 Å². The minimum Gasteiger partial charge on any atom is -0.426 e. The van der Waals surface area contributed by atoms with Crippen LogP contribution in [-0.2, 0) is 14.3 Å². The molecule has 0 rings (SSSR count). The second-order valence-corrected chi connectivity index (χ2v) is 4.08. The summed E-state index contributed by atoms with van der Waals surface area (Å²) in [5.74, 6) is 0.255. The molecule has 0 aromatic carbocycles. The quantitative estimate of drug-likeness (QED) is 0.208. The first-order valence-corrected chi connectivity index (χ1v) is 8.21. The first kappa shape index (κ1) is 31.1. The summed E-state index contributed by atoms with van der Waals surface area (Å²) in [7, 11) is 1.50. The number of guanidine groups is 1. The number of rotatable bonds is 7. The van der Waals surface area contributed by atoms with Crippen molar-refractivity contribution in [2.45, 2.75) is 41.0 Å². The molecule has 0 saturated heterocycles. The van der Waals surface area contributed by atoms with E-state index in [9.17, 15) is 9.59 Å². The summed E-state index contributed by atoms with van der Waals surface area (Å²) in [6.07, 6.45) is 7.07. The smallest absolute Gasteiger partial charge is 0.308 e. The van der Waals surface area contributed by atoms with Crippen molar-refractivity contribution in [3.8, 4) is 0 Å². The summed E-state index contributed by atoms with van der Waals surface area (Å²) in [6.45, 7) is 16.3. The Kier molecular flexibility index (Phi) is 29.4. The predicted molar refractivity (Wildman–Crippen MR) is 111 cm³/mol. The van der Waals surface area contributed by atoms with Crippen LogP contribution < -0.4 is 17.2 Å². The van der Waals surface area contributed by atoms with E-state index in [4.69, 9.17) is 16.2 Å². The Morgan fingerprint density at radius 1 is 1.08 bits per heavy atom. The van der Waals surface area contributed by atoms with Gasteiger partial charge in [-0.1, -0.05) is 45.2 Å². The van der Waals surface area contributed by atoms with Crippen molar-refractivity contribution < 1.29 is 14.3 Å². The van der Waals surface area contributed by atoms with Gasteiger partial charge in [-0.25, -0.2) is 0 Å². The minimum absolute atomic E-state index is 0.0382. The van der Waals surface area contributed by atoms with Gasteiger partial charge in [-0.05, 0) is 27.0 Å². The fourth-order valence-electron chi connectivity index (χ4n) is 1.12. The SMILES string of the molecule is C=CC(C=C)=C(/C=C\C)OC(C)=O.CC.CC(=O)CCN=C(N)N.CN. The number of ether oxygens (including phenoxy) is 1. The van der Waals surface area contributed by atoms with Gasteiger partial charge in [-0.15, -0.1) is 0 Å². The average molecular weight is 369 g/mol. The van der Waals surface area contributed by atoms with E-state index in [1.807, 2.05) is 20.8 Å². The van der Waals surface area contributed by atoms with Crippen LogP contribution in [0, 0.1) is 0 Å². The molecule has 0 spiro atoms. The van der Waals surface area contributed by atoms with E-state index in [1.54, 1.807) is 24.3 Å². The standard InChI is InChI=1S/C11H14O2.C5H11N3O.C2H6.CH5N/c1-5-8-11(13-9(4)12)10(6-2)7-3;1-4(9)2-3-8-5(6)7;2*1-2/h5-8H,2-3H2,1,4H3;2-3H2,1H3,(H4,6,7,8);1-2H3;2H2,1H3/b8-5-;;;. The summed E-state index contributed by atoms with van der Waals surface area (Å²) in [5, 5.41) is 0. The number of esters is 1. The molecular weight excluding hydrogens is 332 g/mol. The Bertz CT molecular complexity index is 479. The van der Waals surface area contributed by atoms with Crippen LogP contribution in [-0.4, -0.2) is 31.3 Å². The van der Waals surface area contributed by atoms with E-state index in [0.717, 1.165) is 0 Å². The van der Waals surface area contributed by atoms with E-state index in [1.165, 1.54) is 20.9 Å². The number of allylic oxidation sites excluding steroid dienone is 5. The van der Waals surface area contributed by atoms with Gasteiger partial charge in [0.2, 0.25) is 0 Å². The van der Waals surface area contributed by atoms with Crippen molar-refractivity contribution in [3.05, 3.63) is 48.8 Å². The highest BCUT2D eigenvalue weighted by molar-refractivity contribution is 5.78. The van der Waals surface area contributed by atoms with E-state index in [-0.39, 0.29) is 17.7 Å². The highest BCUT2D eigenvalue weighted by atomic mass is 16.5. The van der Waals surface area contributed by atoms with Gasteiger partial charge < -0.3 is 21.9 Å². The topological polar surface area (TPSA) is 134 Å². The van der Waals surface area contributed by atoms with E-state index < -0.39 is 0 Å². The summed E-state index contributed by atoms with van der Waals surface area (Å²) < 4.78 is 4.95. The number of hydrogen-bond acceptors (Lipinski definition) is 5. The van der Waals surface area contributed by atoms with Crippen molar-refractivity contribution in [1.29, 1.82) is 0 Å². The molecule has 0 aliphatic heterocycles. The number of carbonyl (C=O) groups excluding carboxylic acids is 2. The van der Waals surface area contributed by atoms with Crippen molar-refractivity contribution >= 4 is 17.7 Å². The van der Waals surface area contributed by atoms with Crippen LogP contribution in [0.25, 0.3) is 0 Å². The predicted octanol–water partition coefficient (Wildman–Crippen LogP) is 2.59. The molecule has 0 aliphatic carbocycles. The van der Waals surface area contributed by atoms with Crippen LogP contribution in [0.15, 0.2) is 53.8 Å². The third-order valence-electron chi connectivity index (χ3n) is 2.05. The molecule has 0 bridgehead atoms. The number of nitrogens with zero attached hydrogens (tertiary/aromatic N) is 1. The van der Waals surface area contributed by atoms with E-state index in [0.29, 0.717) is 24.3 Å². The van der Waals surface area contributed by atoms with Crippen LogP contribution in [0.5, 0.6) is 0 Å². The maximum absolute atomic E-state index is 10.7. The maximum atomic E-state index is 10.7. The van der Waals surface area contributed by atoms with Crippen LogP contribution in [0.1, 0.15) is 41.0 Å². The molecule has 0 heterocycles. The maximum Gasteiger partial charge on any atom is 0.308 e. The van der Waals surface area contributed by atoms with Crippen LogP contribution >= 0.6 is 0 Å². The summed E-state index contributed by atoms with van der Waals surface area (Å²) in [4.78, 5) is 24.6. The van der Waals surface area contributed by atoms with Gasteiger partial charge in [0, 0.05) is 25.5 Å². The Hall–Kier alpha value is -2.67. The normalized spacial score (nSPS) is 8.12. The fourth-order valence-corrected chi connectivity index (χ4v) is 1.12. The lowest BCUT2D eigenvalue weighted by Crippen LogP contribution is -2.23. The molecule has 0 unspecified atom stereocenters. The molecule has 26 heavy (non-hydrogen) atoms. The van der Waals surface area contributed by atoms with Gasteiger partial charge >= 0.3 is 5.97 Å². The Morgan fingerprint density at radius 3 is 1.81 bits per heavy atom. The molecule has 0 aromatic rings. The Morgan fingerprint density at radius 2 is 1.54 bits per heavy atom. The number of aliphatic imine (C=N–C) groups is 1. The van der Waals surface area contributed by atoms with E-state index >= 15 is 0 Å². The van der Waals surface area contributed by atoms with Crippen LogP contribution in [0.2, 0.25) is 0 Å².